The molecular weight excluding hydrogens is 366 g/mol. The lowest BCUT2D eigenvalue weighted by atomic mass is 10.2. The number of nitrogens with zero attached hydrogens (tertiary/aromatic N) is 2. The highest BCUT2D eigenvalue weighted by atomic mass is 35.5. The lowest BCUT2D eigenvalue weighted by Crippen LogP contribution is -2.16. The summed E-state index contributed by atoms with van der Waals surface area (Å²) in [6, 6.07) is 10.4. The quantitative estimate of drug-likeness (QED) is 0.409. The molecule has 3 aromatic rings. The summed E-state index contributed by atoms with van der Waals surface area (Å²) in [7, 11) is 0. The normalized spacial score (nSPS) is 11.1. The van der Waals surface area contributed by atoms with Crippen molar-refractivity contribution in [2.75, 3.05) is 0 Å². The maximum atomic E-state index is 12.1. The summed E-state index contributed by atoms with van der Waals surface area (Å²) in [6.45, 7) is 0. The predicted molar refractivity (Wildman–Crippen MR) is 96.7 cm³/mol. The maximum Gasteiger partial charge on any atom is 0.281 e. The molecule has 3 rings (SSSR count). The van der Waals surface area contributed by atoms with Gasteiger partial charge in [-0.15, -0.1) is 11.3 Å². The highest BCUT2D eigenvalue weighted by Crippen LogP contribution is 2.28. The van der Waals surface area contributed by atoms with E-state index in [1.54, 1.807) is 12.1 Å². The molecule has 1 heterocycles. The van der Waals surface area contributed by atoms with Crippen LogP contribution in [-0.2, 0) is 0 Å². The molecule has 126 valence electrons. The number of hydrogen-bond acceptors (Lipinski definition) is 6. The minimum Gasteiger partial charge on any atom is -0.507 e. The van der Waals surface area contributed by atoms with Crippen LogP contribution in [0.5, 0.6) is 5.75 Å². The number of carbonyl (C=O) groups excluding carboxylic acids is 1. The van der Waals surface area contributed by atoms with Crippen LogP contribution < -0.4 is 5.43 Å². The molecule has 0 fully saturated rings. The largest absolute Gasteiger partial charge is 0.507 e. The molecule has 0 radical (unpaired) electrons. The summed E-state index contributed by atoms with van der Waals surface area (Å²) < 4.78 is 0.757. The van der Waals surface area contributed by atoms with Crippen molar-refractivity contribution in [3.8, 4) is 5.75 Å². The second kappa shape index (κ2) is 6.88. The van der Waals surface area contributed by atoms with E-state index < -0.39 is 10.8 Å². The monoisotopic (exact) mass is 375 g/mol. The summed E-state index contributed by atoms with van der Waals surface area (Å²) >= 11 is 7.03. The Labute approximate surface area is 150 Å². The number of aromatic hydroxyl groups is 1. The number of nitro benzene ring substituents is 1. The molecular formula is C16H10ClN3O4S. The molecule has 0 saturated heterocycles. The van der Waals surface area contributed by atoms with Crippen LogP contribution in [0.15, 0.2) is 47.6 Å². The van der Waals surface area contributed by atoms with Gasteiger partial charge in [0.1, 0.15) is 5.75 Å². The van der Waals surface area contributed by atoms with Gasteiger partial charge in [0.25, 0.3) is 11.6 Å². The number of nitro groups is 1. The zero-order valence-electron chi connectivity index (χ0n) is 12.5. The Bertz CT molecular complexity index is 1020. The summed E-state index contributed by atoms with van der Waals surface area (Å²) in [5, 5.41) is 25.3. The van der Waals surface area contributed by atoms with Crippen molar-refractivity contribution in [3.05, 3.63) is 68.0 Å². The number of fused-ring (bicyclic) bond motifs is 1. The molecule has 2 N–H and O–H groups in total. The standard InChI is InChI=1S/C16H10ClN3O4S/c17-11-1-3-13(21)10(5-11)8-18-19-16(22)15-7-9-6-12(20(23)24)2-4-14(9)25-15/h1-8,21H,(H,19,22)/b18-8+. The van der Waals surface area contributed by atoms with Crippen molar-refractivity contribution in [1.82, 2.24) is 5.43 Å². The first-order valence-electron chi connectivity index (χ1n) is 6.94. The number of halogens is 1. The fourth-order valence-corrected chi connectivity index (χ4v) is 3.21. The van der Waals surface area contributed by atoms with Gasteiger partial charge in [0, 0.05) is 32.8 Å². The highest BCUT2D eigenvalue weighted by molar-refractivity contribution is 7.20. The van der Waals surface area contributed by atoms with Crippen LogP contribution in [-0.4, -0.2) is 22.2 Å². The molecule has 0 saturated carbocycles. The number of hydrazone groups is 1. The zero-order chi connectivity index (χ0) is 18.0. The van der Waals surface area contributed by atoms with Gasteiger partial charge in [-0.05, 0) is 30.3 Å². The molecule has 0 aliphatic rings. The van der Waals surface area contributed by atoms with E-state index in [4.69, 9.17) is 11.6 Å². The van der Waals surface area contributed by atoms with Gasteiger partial charge in [0.15, 0.2) is 0 Å². The molecule has 0 spiro atoms. The third kappa shape index (κ3) is 3.76. The van der Waals surface area contributed by atoms with E-state index in [0.29, 0.717) is 20.8 Å². The van der Waals surface area contributed by atoms with Crippen LogP contribution in [0.3, 0.4) is 0 Å². The van der Waals surface area contributed by atoms with E-state index in [1.807, 2.05) is 0 Å². The molecule has 0 aliphatic carbocycles. The highest BCUT2D eigenvalue weighted by Gasteiger charge is 2.13. The van der Waals surface area contributed by atoms with Crippen molar-refractivity contribution in [2.24, 2.45) is 5.10 Å². The van der Waals surface area contributed by atoms with Gasteiger partial charge in [-0.25, -0.2) is 5.43 Å². The molecule has 7 nitrogen and oxygen atoms in total. The number of phenolic OH excluding ortho intramolecular Hbond substituents is 1. The van der Waals surface area contributed by atoms with Crippen molar-refractivity contribution in [1.29, 1.82) is 0 Å². The van der Waals surface area contributed by atoms with E-state index in [0.717, 1.165) is 4.70 Å². The van der Waals surface area contributed by atoms with Crippen LogP contribution in [0.1, 0.15) is 15.2 Å². The van der Waals surface area contributed by atoms with Crippen molar-refractivity contribution < 1.29 is 14.8 Å². The lowest BCUT2D eigenvalue weighted by Gasteiger charge is -1.99. The van der Waals surface area contributed by atoms with Gasteiger partial charge < -0.3 is 5.11 Å². The molecule has 1 aromatic heterocycles. The van der Waals surface area contributed by atoms with Crippen molar-refractivity contribution >= 4 is 50.8 Å². The van der Waals surface area contributed by atoms with Gasteiger partial charge in [0.05, 0.1) is 16.0 Å². The Morgan fingerprint density at radius 1 is 1.28 bits per heavy atom. The first-order chi connectivity index (χ1) is 11.9. The Hall–Kier alpha value is -2.97. The maximum absolute atomic E-state index is 12.1. The van der Waals surface area contributed by atoms with E-state index >= 15 is 0 Å². The van der Waals surface area contributed by atoms with E-state index in [9.17, 15) is 20.0 Å². The van der Waals surface area contributed by atoms with E-state index in [1.165, 1.54) is 47.9 Å². The number of phenols is 1. The Morgan fingerprint density at radius 3 is 2.84 bits per heavy atom. The van der Waals surface area contributed by atoms with Crippen LogP contribution in [0.4, 0.5) is 5.69 Å². The van der Waals surface area contributed by atoms with Crippen LogP contribution in [0.2, 0.25) is 5.02 Å². The van der Waals surface area contributed by atoms with E-state index in [-0.39, 0.29) is 11.4 Å². The number of benzene rings is 2. The molecule has 0 bridgehead atoms. The van der Waals surface area contributed by atoms with Crippen molar-refractivity contribution in [3.63, 3.8) is 0 Å². The van der Waals surface area contributed by atoms with Gasteiger partial charge in [-0.2, -0.15) is 5.10 Å². The molecule has 1 amide bonds. The average Bonchev–Trinajstić information content (AvgIpc) is 3.01. The summed E-state index contributed by atoms with van der Waals surface area (Å²) in [4.78, 5) is 22.8. The first kappa shape index (κ1) is 16.9. The predicted octanol–water partition coefficient (Wildman–Crippen LogP) is 3.93. The Kier molecular flexibility index (Phi) is 4.64. The molecule has 2 aromatic carbocycles. The van der Waals surface area contributed by atoms with Crippen LogP contribution in [0, 0.1) is 10.1 Å². The number of hydrogen-bond donors (Lipinski definition) is 2. The third-order valence-corrected chi connectivity index (χ3v) is 4.64. The fourth-order valence-electron chi connectivity index (χ4n) is 2.10. The van der Waals surface area contributed by atoms with Gasteiger partial charge in [-0.1, -0.05) is 11.6 Å². The number of carbonyl (C=O) groups is 1. The number of non-ortho nitro benzene ring substituents is 1. The minimum absolute atomic E-state index is 0.0171. The molecule has 0 aliphatic heterocycles. The summed E-state index contributed by atoms with van der Waals surface area (Å²) in [6.07, 6.45) is 1.28. The average molecular weight is 376 g/mol. The second-order valence-corrected chi connectivity index (χ2v) is 6.51. The number of thiophene rings is 1. The van der Waals surface area contributed by atoms with Crippen molar-refractivity contribution in [2.45, 2.75) is 0 Å². The third-order valence-electron chi connectivity index (χ3n) is 3.29. The minimum atomic E-state index is -0.487. The molecule has 9 heteroatoms. The lowest BCUT2D eigenvalue weighted by molar-refractivity contribution is -0.384. The Morgan fingerprint density at radius 2 is 2.08 bits per heavy atom. The second-order valence-electron chi connectivity index (χ2n) is 4.99. The molecule has 0 unspecified atom stereocenters. The molecule has 25 heavy (non-hydrogen) atoms. The molecule has 0 atom stereocenters. The van der Waals surface area contributed by atoms with Crippen LogP contribution >= 0.6 is 22.9 Å². The Balaban J connectivity index is 1.77. The number of amides is 1. The van der Waals surface area contributed by atoms with Gasteiger partial charge in [-0.3, -0.25) is 14.9 Å². The topological polar surface area (TPSA) is 105 Å². The van der Waals surface area contributed by atoms with Gasteiger partial charge in [0.2, 0.25) is 0 Å². The smallest absolute Gasteiger partial charge is 0.281 e. The summed E-state index contributed by atoms with van der Waals surface area (Å²) in [5.41, 5.74) is 2.67. The first-order valence-corrected chi connectivity index (χ1v) is 8.13. The van der Waals surface area contributed by atoms with E-state index in [2.05, 4.69) is 10.5 Å². The SMILES string of the molecule is O=C(N/N=C/c1cc(Cl)ccc1O)c1cc2cc([N+](=O)[O-])ccc2s1. The number of rotatable bonds is 4. The summed E-state index contributed by atoms with van der Waals surface area (Å²) in [5.74, 6) is -0.474. The van der Waals surface area contributed by atoms with Gasteiger partial charge >= 0.3 is 0 Å². The number of nitrogens with one attached hydrogen (secondary N) is 1. The zero-order valence-corrected chi connectivity index (χ0v) is 14.0. The fraction of sp³-hybridized carbons (Fsp3) is 0. The van der Waals surface area contributed by atoms with Crippen LogP contribution in [0.25, 0.3) is 10.1 Å².